The van der Waals surface area contributed by atoms with E-state index in [4.69, 9.17) is 4.74 Å². The molecule has 0 radical (unpaired) electrons. The molecule has 0 unspecified atom stereocenters. The Morgan fingerprint density at radius 3 is 1.88 bits per heavy atom. The number of hydrogen-bond donors (Lipinski definition) is 1. The number of para-hydroxylation sites is 1. The monoisotopic (exact) mass is 343 g/mol. The molecule has 26 heavy (non-hydrogen) atoms. The Morgan fingerprint density at radius 2 is 1.35 bits per heavy atom. The van der Waals surface area contributed by atoms with Crippen LogP contribution in [0.4, 0.5) is 0 Å². The van der Waals surface area contributed by atoms with E-state index in [-0.39, 0.29) is 6.04 Å². The minimum absolute atomic E-state index is 0.258. The van der Waals surface area contributed by atoms with Crippen molar-refractivity contribution < 1.29 is 9.84 Å². The molecule has 0 saturated carbocycles. The van der Waals surface area contributed by atoms with Gasteiger partial charge in [-0.25, -0.2) is 5.43 Å². The van der Waals surface area contributed by atoms with Crippen molar-refractivity contribution in [1.82, 2.24) is 5.43 Å². The highest BCUT2D eigenvalue weighted by atomic mass is 16.5. The highest BCUT2D eigenvalue weighted by molar-refractivity contribution is 5.79. The van der Waals surface area contributed by atoms with Gasteiger partial charge in [0.05, 0.1) is 5.10 Å². The van der Waals surface area contributed by atoms with E-state index >= 15 is 0 Å². The molecule has 0 aliphatic rings. The zero-order valence-electron chi connectivity index (χ0n) is 13.9. The second-order valence-corrected chi connectivity index (χ2v) is 5.40. The molecule has 128 valence electrons. The Kier molecular flexibility index (Phi) is 5.84. The Balaban J connectivity index is 1.72. The molecule has 0 heterocycles. The van der Waals surface area contributed by atoms with Crippen LogP contribution in [0.5, 0.6) is 5.75 Å². The molecule has 0 aromatic heterocycles. The summed E-state index contributed by atoms with van der Waals surface area (Å²) in [7, 11) is 0. The summed E-state index contributed by atoms with van der Waals surface area (Å²) in [6.07, 6.45) is 2.25. The third-order valence-corrected chi connectivity index (χ3v) is 3.60. The van der Waals surface area contributed by atoms with E-state index < -0.39 is 6.02 Å². The van der Waals surface area contributed by atoms with Crippen LogP contribution in [-0.2, 0) is 0 Å². The predicted octanol–water partition coefficient (Wildman–Crippen LogP) is 3.37. The van der Waals surface area contributed by atoms with Crippen molar-refractivity contribution in [2.75, 3.05) is 0 Å². The molecule has 3 rings (SSSR count). The van der Waals surface area contributed by atoms with Crippen molar-refractivity contribution in [2.24, 2.45) is 5.10 Å². The number of nitrogens with zero attached hydrogens (tertiary/aromatic N) is 2. The highest BCUT2D eigenvalue weighted by Gasteiger charge is 2.15. The smallest absolute Gasteiger partial charge is 0.410 e. The average molecular weight is 343 g/mol. The number of ether oxygens (including phenoxy) is 1. The zero-order valence-corrected chi connectivity index (χ0v) is 13.9. The molecule has 0 saturated heterocycles. The molecule has 0 bridgehead atoms. The van der Waals surface area contributed by atoms with Gasteiger partial charge in [0.25, 0.3) is 0 Å². The molecule has 0 atom stereocenters. The normalized spacial score (nSPS) is 10.7. The molecule has 3 aromatic rings. The van der Waals surface area contributed by atoms with E-state index in [1.807, 2.05) is 78.9 Å². The number of hydrogen-bond acceptors (Lipinski definition) is 4. The first-order valence-electron chi connectivity index (χ1n) is 8.10. The first-order valence-corrected chi connectivity index (χ1v) is 8.10. The molecule has 0 aliphatic heterocycles. The SMILES string of the molecule is [O-]C(=NNC(c1ccccc1)c1ccccc1)[N+]#COc1ccccc1. The van der Waals surface area contributed by atoms with E-state index in [2.05, 4.69) is 21.6 Å². The van der Waals surface area contributed by atoms with E-state index in [1.165, 1.54) is 0 Å². The Bertz CT molecular complexity index is 862. The van der Waals surface area contributed by atoms with Crippen molar-refractivity contribution in [2.45, 2.75) is 6.04 Å². The van der Waals surface area contributed by atoms with Crippen LogP contribution < -0.4 is 15.3 Å². The second-order valence-electron chi connectivity index (χ2n) is 5.40. The minimum Gasteiger partial charge on any atom is -0.791 e. The van der Waals surface area contributed by atoms with Crippen LogP contribution in [0.15, 0.2) is 96.1 Å². The standard InChI is InChI=1S/C21H17N3O2/c25-21(22-16-26-19-14-8-3-9-15-19)24-23-20(17-10-4-1-5-11-17)18-12-6-2-7-13-18/h1-15,20,23H. The van der Waals surface area contributed by atoms with Gasteiger partial charge >= 0.3 is 12.3 Å². The molecule has 0 fully saturated rings. The first-order chi connectivity index (χ1) is 12.8. The van der Waals surface area contributed by atoms with E-state index in [0.29, 0.717) is 5.75 Å². The number of nitrogens with one attached hydrogen (secondary N) is 1. The van der Waals surface area contributed by atoms with Gasteiger partial charge in [0, 0.05) is 0 Å². The van der Waals surface area contributed by atoms with Crippen LogP contribution in [0, 0.1) is 6.26 Å². The molecule has 0 aliphatic carbocycles. The summed E-state index contributed by atoms with van der Waals surface area (Å²) < 4.78 is 5.13. The summed E-state index contributed by atoms with van der Waals surface area (Å²) in [4.78, 5) is 3.54. The van der Waals surface area contributed by atoms with Gasteiger partial charge in [-0.1, -0.05) is 78.9 Å². The maximum absolute atomic E-state index is 11.9. The fraction of sp³-hybridized carbons (Fsp3) is 0.0476. The summed E-state index contributed by atoms with van der Waals surface area (Å²) >= 11 is 0. The third kappa shape index (κ3) is 4.86. The van der Waals surface area contributed by atoms with Gasteiger partial charge in [-0.15, -0.1) is 4.85 Å². The quantitative estimate of drug-likeness (QED) is 0.334. The van der Waals surface area contributed by atoms with Gasteiger partial charge in [0.1, 0.15) is 11.8 Å². The van der Waals surface area contributed by atoms with Crippen molar-refractivity contribution in [3.63, 3.8) is 0 Å². The van der Waals surface area contributed by atoms with Crippen molar-refractivity contribution in [3.05, 3.63) is 107 Å². The molecular formula is C21H17N3O2. The van der Waals surface area contributed by atoms with Crippen LogP contribution in [0.1, 0.15) is 17.2 Å². The van der Waals surface area contributed by atoms with Crippen LogP contribution in [0.25, 0.3) is 4.85 Å². The lowest BCUT2D eigenvalue weighted by Crippen LogP contribution is -2.23. The van der Waals surface area contributed by atoms with Gasteiger partial charge in [-0.05, 0) is 23.3 Å². The van der Waals surface area contributed by atoms with Crippen molar-refractivity contribution >= 4 is 6.02 Å². The number of amidine groups is 1. The van der Waals surface area contributed by atoms with Crippen LogP contribution >= 0.6 is 0 Å². The largest absolute Gasteiger partial charge is 0.791 e. The van der Waals surface area contributed by atoms with E-state index in [9.17, 15) is 5.11 Å². The lowest BCUT2D eigenvalue weighted by molar-refractivity contribution is -0.213. The molecule has 3 aromatic carbocycles. The van der Waals surface area contributed by atoms with Gasteiger partial charge in [-0.3, -0.25) is 0 Å². The van der Waals surface area contributed by atoms with Crippen LogP contribution in [-0.4, -0.2) is 6.02 Å². The van der Waals surface area contributed by atoms with Gasteiger partial charge in [0.15, 0.2) is 0 Å². The topological polar surface area (TPSA) is 61.0 Å². The maximum atomic E-state index is 11.9. The Labute approximate surface area is 152 Å². The van der Waals surface area contributed by atoms with Gasteiger partial charge in [-0.2, -0.15) is 0 Å². The number of benzene rings is 3. The zero-order chi connectivity index (χ0) is 18.0. The van der Waals surface area contributed by atoms with Crippen LogP contribution in [0.3, 0.4) is 0 Å². The molecule has 1 N–H and O–H groups in total. The third-order valence-electron chi connectivity index (χ3n) is 3.60. The summed E-state index contributed by atoms with van der Waals surface area (Å²) in [5.41, 5.74) is 4.87. The Hall–Kier alpha value is -3.78. The first kappa shape index (κ1) is 17.1. The van der Waals surface area contributed by atoms with Crippen LogP contribution in [0.2, 0.25) is 0 Å². The summed E-state index contributed by atoms with van der Waals surface area (Å²) in [6, 6.07) is 27.5. The molecule has 0 amide bonds. The summed E-state index contributed by atoms with van der Waals surface area (Å²) in [6.45, 7) is 0. The van der Waals surface area contributed by atoms with E-state index in [0.717, 1.165) is 11.1 Å². The lowest BCUT2D eigenvalue weighted by Gasteiger charge is -2.14. The average Bonchev–Trinajstić information content (AvgIpc) is 2.71. The Morgan fingerprint density at radius 1 is 0.846 bits per heavy atom. The fourth-order valence-corrected chi connectivity index (χ4v) is 2.38. The predicted molar refractivity (Wildman–Crippen MR) is 99.6 cm³/mol. The molecule has 0 spiro atoms. The number of hydrazone groups is 1. The fourth-order valence-electron chi connectivity index (χ4n) is 2.38. The number of rotatable bonds is 5. The molecule has 5 nitrogen and oxygen atoms in total. The lowest BCUT2D eigenvalue weighted by atomic mass is 10.00. The minimum atomic E-state index is -0.724. The summed E-state index contributed by atoms with van der Waals surface area (Å²) in [5, 5.41) is 15.7. The van der Waals surface area contributed by atoms with Gasteiger partial charge < -0.3 is 9.84 Å². The van der Waals surface area contributed by atoms with Gasteiger partial charge in [0.2, 0.25) is 0 Å². The van der Waals surface area contributed by atoms with Crippen molar-refractivity contribution in [1.29, 1.82) is 0 Å². The maximum Gasteiger partial charge on any atom is 0.410 e. The summed E-state index contributed by atoms with van der Waals surface area (Å²) in [5.74, 6) is 0.545. The second kappa shape index (κ2) is 8.90. The highest BCUT2D eigenvalue weighted by Crippen LogP contribution is 2.21. The molecular weight excluding hydrogens is 326 g/mol. The van der Waals surface area contributed by atoms with Crippen molar-refractivity contribution in [3.8, 4) is 12.0 Å². The van der Waals surface area contributed by atoms with E-state index in [1.54, 1.807) is 12.1 Å². The molecule has 5 heteroatoms.